The maximum Gasteiger partial charge on any atom is 0.181 e. The highest BCUT2D eigenvalue weighted by molar-refractivity contribution is 7.18. The van der Waals surface area contributed by atoms with E-state index in [0.717, 1.165) is 50.2 Å². The van der Waals surface area contributed by atoms with Crippen LogP contribution in [-0.2, 0) is 17.4 Å². The Morgan fingerprint density at radius 2 is 2.15 bits per heavy atom. The Morgan fingerprint density at radius 1 is 1.30 bits per heavy atom. The third-order valence-electron chi connectivity index (χ3n) is 5.27. The third-order valence-corrected chi connectivity index (χ3v) is 6.50. The first kappa shape index (κ1) is 16.8. The summed E-state index contributed by atoms with van der Waals surface area (Å²) in [5, 5.41) is 17.3. The molecule has 1 fully saturated rings. The van der Waals surface area contributed by atoms with Crippen LogP contribution in [0.3, 0.4) is 0 Å². The van der Waals surface area contributed by atoms with Crippen LogP contribution in [0.4, 0.5) is 0 Å². The second-order valence-corrected chi connectivity index (χ2v) is 8.43. The Kier molecular flexibility index (Phi) is 3.79. The second-order valence-electron chi connectivity index (χ2n) is 7.40. The molecule has 0 unspecified atom stereocenters. The van der Waals surface area contributed by atoms with E-state index in [0.29, 0.717) is 12.5 Å². The maximum atomic E-state index is 10.9. The van der Waals surface area contributed by atoms with Crippen LogP contribution in [0.5, 0.6) is 0 Å². The van der Waals surface area contributed by atoms with Crippen LogP contribution < -0.4 is 0 Å². The van der Waals surface area contributed by atoms with Crippen molar-refractivity contribution in [3.05, 3.63) is 41.5 Å². The number of nitrogens with zero attached hydrogens (tertiary/aromatic N) is 4. The van der Waals surface area contributed by atoms with Gasteiger partial charge in [0.2, 0.25) is 0 Å². The molecule has 4 aromatic heterocycles. The van der Waals surface area contributed by atoms with Crippen LogP contribution in [0.15, 0.2) is 36.7 Å². The number of aryl methyl sites for hydroxylation is 1. The van der Waals surface area contributed by atoms with Crippen molar-refractivity contribution in [2.45, 2.75) is 18.4 Å². The Morgan fingerprint density at radius 3 is 2.96 bits per heavy atom. The molecule has 6 nitrogen and oxygen atoms in total. The molecule has 1 N–H and O–H groups in total. The monoisotopic (exact) mass is 380 g/mol. The lowest BCUT2D eigenvalue weighted by Crippen LogP contribution is -2.42. The van der Waals surface area contributed by atoms with Crippen LogP contribution in [0.25, 0.3) is 32.5 Å². The molecule has 4 aromatic rings. The van der Waals surface area contributed by atoms with Gasteiger partial charge in [0.25, 0.3) is 0 Å². The Balaban J connectivity index is 1.48. The minimum atomic E-state index is -0.731. The average Bonchev–Trinajstić information content (AvgIpc) is 3.21. The van der Waals surface area contributed by atoms with Gasteiger partial charge in [-0.3, -0.25) is 4.68 Å². The number of hydrogen-bond donors (Lipinski definition) is 1. The zero-order valence-electron chi connectivity index (χ0n) is 15.2. The molecule has 1 aliphatic carbocycles. The minimum absolute atomic E-state index is 0.436. The summed E-state index contributed by atoms with van der Waals surface area (Å²) in [5.74, 6) is 0.436. The molecule has 1 saturated carbocycles. The van der Waals surface area contributed by atoms with Gasteiger partial charge in [-0.15, -0.1) is 11.3 Å². The molecule has 0 aromatic carbocycles. The summed E-state index contributed by atoms with van der Waals surface area (Å²) in [4.78, 5) is 11.2. The van der Waals surface area contributed by atoms with E-state index < -0.39 is 5.60 Å². The SMILES string of the molecule is COCC1CC(O)(c2cc3ccc(-c4cnc5nn(C)cc5c4)nc3s2)C1. The van der Waals surface area contributed by atoms with E-state index in [9.17, 15) is 5.11 Å². The fraction of sp³-hybridized carbons (Fsp3) is 0.350. The Labute approximate surface area is 160 Å². The summed E-state index contributed by atoms with van der Waals surface area (Å²) >= 11 is 1.58. The molecule has 0 radical (unpaired) electrons. The molecule has 138 valence electrons. The molecule has 1 aliphatic rings. The number of rotatable bonds is 4. The van der Waals surface area contributed by atoms with E-state index in [2.05, 4.69) is 28.3 Å². The predicted molar refractivity (Wildman–Crippen MR) is 106 cm³/mol. The van der Waals surface area contributed by atoms with Crippen molar-refractivity contribution < 1.29 is 9.84 Å². The molecule has 0 aliphatic heterocycles. The summed E-state index contributed by atoms with van der Waals surface area (Å²) in [6.45, 7) is 0.708. The molecular weight excluding hydrogens is 360 g/mol. The molecule has 0 atom stereocenters. The van der Waals surface area contributed by atoms with E-state index in [4.69, 9.17) is 9.72 Å². The van der Waals surface area contributed by atoms with Crippen LogP contribution in [-0.4, -0.2) is 38.6 Å². The van der Waals surface area contributed by atoms with Crippen molar-refractivity contribution >= 4 is 32.6 Å². The molecule has 0 bridgehead atoms. The second kappa shape index (κ2) is 6.09. The summed E-state index contributed by atoms with van der Waals surface area (Å²) in [5.41, 5.74) is 1.85. The zero-order chi connectivity index (χ0) is 18.6. The Hall–Kier alpha value is -2.35. The molecule has 0 saturated heterocycles. The number of aliphatic hydroxyl groups is 1. The molecule has 0 amide bonds. The van der Waals surface area contributed by atoms with Crippen LogP contribution in [0, 0.1) is 5.92 Å². The number of hydrogen-bond acceptors (Lipinski definition) is 6. The van der Waals surface area contributed by atoms with Gasteiger partial charge in [-0.2, -0.15) is 5.10 Å². The lowest BCUT2D eigenvalue weighted by Gasteiger charge is -2.42. The van der Waals surface area contributed by atoms with Gasteiger partial charge in [-0.05, 0) is 43.0 Å². The largest absolute Gasteiger partial charge is 0.384 e. The summed E-state index contributed by atoms with van der Waals surface area (Å²) in [6, 6.07) is 8.21. The van der Waals surface area contributed by atoms with Crippen LogP contribution in [0.2, 0.25) is 0 Å². The van der Waals surface area contributed by atoms with Gasteiger partial charge >= 0.3 is 0 Å². The summed E-state index contributed by atoms with van der Waals surface area (Å²) in [7, 11) is 3.60. The van der Waals surface area contributed by atoms with Crippen molar-refractivity contribution in [1.82, 2.24) is 19.7 Å². The van der Waals surface area contributed by atoms with Gasteiger partial charge in [0.1, 0.15) is 4.83 Å². The molecule has 5 rings (SSSR count). The fourth-order valence-electron chi connectivity index (χ4n) is 3.93. The van der Waals surface area contributed by atoms with Crippen LogP contribution >= 0.6 is 11.3 Å². The van der Waals surface area contributed by atoms with Gasteiger partial charge in [0.05, 0.1) is 11.3 Å². The topological polar surface area (TPSA) is 73.1 Å². The first-order valence-electron chi connectivity index (χ1n) is 8.96. The van der Waals surface area contributed by atoms with Crippen molar-refractivity contribution in [2.75, 3.05) is 13.7 Å². The predicted octanol–water partition coefficient (Wildman–Crippen LogP) is 3.49. The fourth-order valence-corrected chi connectivity index (χ4v) is 5.07. The van der Waals surface area contributed by atoms with Gasteiger partial charge in [-0.25, -0.2) is 9.97 Å². The number of pyridine rings is 2. The van der Waals surface area contributed by atoms with Gasteiger partial charge < -0.3 is 9.84 Å². The van der Waals surface area contributed by atoms with Crippen molar-refractivity contribution in [3.8, 4) is 11.3 Å². The lowest BCUT2D eigenvalue weighted by atomic mass is 9.70. The van der Waals surface area contributed by atoms with Crippen molar-refractivity contribution in [2.24, 2.45) is 13.0 Å². The quantitative estimate of drug-likeness (QED) is 0.587. The molecule has 0 spiro atoms. The normalized spacial score (nSPS) is 22.4. The summed E-state index contributed by atoms with van der Waals surface area (Å²) < 4.78 is 6.96. The average molecular weight is 380 g/mol. The van der Waals surface area contributed by atoms with E-state index in [1.54, 1.807) is 23.1 Å². The number of fused-ring (bicyclic) bond motifs is 2. The van der Waals surface area contributed by atoms with E-state index >= 15 is 0 Å². The number of ether oxygens (including phenoxy) is 1. The van der Waals surface area contributed by atoms with E-state index in [1.807, 2.05) is 25.5 Å². The molecule has 4 heterocycles. The third kappa shape index (κ3) is 2.82. The summed E-state index contributed by atoms with van der Waals surface area (Å²) in [6.07, 6.45) is 5.27. The first-order valence-corrected chi connectivity index (χ1v) is 9.78. The maximum absolute atomic E-state index is 10.9. The van der Waals surface area contributed by atoms with Gasteiger partial charge in [-0.1, -0.05) is 0 Å². The Bertz CT molecular complexity index is 1140. The standard InChI is InChI=1S/C20H20N4O2S/c1-24-10-15-5-14(9-21-18(15)23-24)16-4-3-13-6-17(27-19(13)22-16)20(25)7-12(8-20)11-26-2/h3-6,9-10,12,25H,7-8,11H2,1-2H3. The molecule has 7 heteroatoms. The zero-order valence-corrected chi connectivity index (χ0v) is 16.0. The lowest BCUT2D eigenvalue weighted by molar-refractivity contribution is -0.0951. The highest BCUT2D eigenvalue weighted by atomic mass is 32.1. The number of methoxy groups -OCH3 is 1. The highest BCUT2D eigenvalue weighted by Crippen LogP contribution is 2.48. The number of aromatic nitrogens is 4. The molecule has 27 heavy (non-hydrogen) atoms. The van der Waals surface area contributed by atoms with Gasteiger partial charge in [0.15, 0.2) is 5.65 Å². The minimum Gasteiger partial charge on any atom is -0.384 e. The van der Waals surface area contributed by atoms with Crippen molar-refractivity contribution in [3.63, 3.8) is 0 Å². The smallest absolute Gasteiger partial charge is 0.181 e. The molecular formula is C20H20N4O2S. The van der Waals surface area contributed by atoms with E-state index in [1.165, 1.54) is 0 Å². The number of thiophene rings is 1. The van der Waals surface area contributed by atoms with E-state index in [-0.39, 0.29) is 0 Å². The van der Waals surface area contributed by atoms with Gasteiger partial charge in [0, 0.05) is 54.4 Å². The van der Waals surface area contributed by atoms with Crippen molar-refractivity contribution in [1.29, 1.82) is 0 Å². The highest BCUT2D eigenvalue weighted by Gasteiger charge is 2.45. The first-order chi connectivity index (χ1) is 13.0. The van der Waals surface area contributed by atoms with Crippen LogP contribution in [0.1, 0.15) is 17.7 Å².